The molecule has 0 fully saturated rings. The van der Waals surface area contributed by atoms with Gasteiger partial charge in [0.25, 0.3) is 0 Å². The Morgan fingerprint density at radius 3 is 2.26 bits per heavy atom. The maximum atomic E-state index is 12.9. The first-order chi connectivity index (χ1) is 11.1. The molecule has 0 saturated heterocycles. The van der Waals surface area contributed by atoms with Crippen LogP contribution < -0.4 is 14.8 Å². The Hall–Kier alpha value is -2.07. The molecule has 0 saturated carbocycles. The minimum atomic E-state index is -0.213. The predicted octanol–water partition coefficient (Wildman–Crippen LogP) is 4.16. The summed E-state index contributed by atoms with van der Waals surface area (Å²) >= 11 is 0. The Bertz CT molecular complexity index is 611. The quantitative estimate of drug-likeness (QED) is 0.793. The molecule has 1 N–H and O–H groups in total. The minimum absolute atomic E-state index is 0.213. The summed E-state index contributed by atoms with van der Waals surface area (Å²) in [4.78, 5) is 0. The van der Waals surface area contributed by atoms with Crippen molar-refractivity contribution in [3.63, 3.8) is 0 Å². The van der Waals surface area contributed by atoms with Crippen LogP contribution in [0.5, 0.6) is 11.5 Å². The van der Waals surface area contributed by atoms with E-state index in [1.165, 1.54) is 12.1 Å². The van der Waals surface area contributed by atoms with Gasteiger partial charge in [-0.05, 0) is 41.3 Å². The van der Waals surface area contributed by atoms with Crippen molar-refractivity contribution in [3.8, 4) is 11.5 Å². The Kier molecular flexibility index (Phi) is 6.41. The topological polar surface area (TPSA) is 30.5 Å². The van der Waals surface area contributed by atoms with Gasteiger partial charge in [-0.15, -0.1) is 0 Å². The highest BCUT2D eigenvalue weighted by Crippen LogP contribution is 2.28. The Morgan fingerprint density at radius 2 is 1.61 bits per heavy atom. The van der Waals surface area contributed by atoms with Crippen LogP contribution >= 0.6 is 0 Å². The monoisotopic (exact) mass is 317 g/mol. The molecule has 0 radical (unpaired) electrons. The van der Waals surface area contributed by atoms with Crippen LogP contribution in [0.3, 0.4) is 0 Å². The zero-order valence-electron chi connectivity index (χ0n) is 13.9. The maximum absolute atomic E-state index is 12.9. The number of ether oxygens (including phenoxy) is 2. The first kappa shape index (κ1) is 17.3. The molecule has 3 nitrogen and oxygen atoms in total. The number of methoxy groups -OCH3 is 1. The lowest BCUT2D eigenvalue weighted by Crippen LogP contribution is -2.13. The normalized spacial score (nSPS) is 10.8. The summed E-state index contributed by atoms with van der Waals surface area (Å²) in [5.74, 6) is 1.77. The van der Waals surface area contributed by atoms with Crippen molar-refractivity contribution in [2.24, 2.45) is 5.92 Å². The van der Waals surface area contributed by atoms with Crippen LogP contribution in [-0.2, 0) is 13.1 Å². The highest BCUT2D eigenvalue weighted by atomic mass is 19.1. The average molecular weight is 317 g/mol. The van der Waals surface area contributed by atoms with Gasteiger partial charge in [0.1, 0.15) is 5.82 Å². The van der Waals surface area contributed by atoms with Gasteiger partial charge in [-0.25, -0.2) is 4.39 Å². The van der Waals surface area contributed by atoms with Gasteiger partial charge >= 0.3 is 0 Å². The summed E-state index contributed by atoms with van der Waals surface area (Å²) in [6.07, 6.45) is 0. The largest absolute Gasteiger partial charge is 0.493 e. The molecule has 0 aliphatic carbocycles. The maximum Gasteiger partial charge on any atom is 0.161 e. The van der Waals surface area contributed by atoms with Gasteiger partial charge in [0, 0.05) is 13.1 Å². The second-order valence-corrected chi connectivity index (χ2v) is 5.92. The molecule has 0 unspecified atom stereocenters. The molecule has 0 aromatic heterocycles. The lowest BCUT2D eigenvalue weighted by Gasteiger charge is -2.14. The number of nitrogens with one attached hydrogen (secondary N) is 1. The van der Waals surface area contributed by atoms with E-state index >= 15 is 0 Å². The highest BCUT2D eigenvalue weighted by molar-refractivity contribution is 5.43. The van der Waals surface area contributed by atoms with E-state index in [9.17, 15) is 4.39 Å². The number of rotatable bonds is 8. The molecular formula is C19H24FNO2. The van der Waals surface area contributed by atoms with Gasteiger partial charge in [-0.1, -0.05) is 32.0 Å². The standard InChI is InChI=1S/C19H24FNO2/c1-14(2)13-23-18-9-6-16(10-19(18)22-3)12-21-11-15-4-7-17(20)8-5-15/h4-10,14,21H,11-13H2,1-3H3. The van der Waals surface area contributed by atoms with Crippen LogP contribution in [0.4, 0.5) is 4.39 Å². The van der Waals surface area contributed by atoms with Crippen molar-refractivity contribution < 1.29 is 13.9 Å². The van der Waals surface area contributed by atoms with E-state index in [-0.39, 0.29) is 5.82 Å². The third-order valence-electron chi connectivity index (χ3n) is 3.37. The van der Waals surface area contributed by atoms with Crippen LogP contribution in [0, 0.1) is 11.7 Å². The molecule has 2 rings (SSSR count). The number of benzene rings is 2. The fraction of sp³-hybridized carbons (Fsp3) is 0.368. The fourth-order valence-corrected chi connectivity index (χ4v) is 2.15. The van der Waals surface area contributed by atoms with Gasteiger partial charge in [0.05, 0.1) is 13.7 Å². The fourth-order valence-electron chi connectivity index (χ4n) is 2.15. The lowest BCUT2D eigenvalue weighted by molar-refractivity contribution is 0.256. The Morgan fingerprint density at radius 1 is 0.957 bits per heavy atom. The molecule has 0 amide bonds. The van der Waals surface area contributed by atoms with E-state index in [1.54, 1.807) is 19.2 Å². The zero-order valence-corrected chi connectivity index (χ0v) is 13.9. The van der Waals surface area contributed by atoms with Crippen LogP contribution in [0.2, 0.25) is 0 Å². The van der Waals surface area contributed by atoms with E-state index in [0.717, 1.165) is 22.6 Å². The van der Waals surface area contributed by atoms with Crippen LogP contribution in [0.1, 0.15) is 25.0 Å². The van der Waals surface area contributed by atoms with E-state index in [2.05, 4.69) is 19.2 Å². The second-order valence-electron chi connectivity index (χ2n) is 5.92. The van der Waals surface area contributed by atoms with E-state index < -0.39 is 0 Å². The Balaban J connectivity index is 1.91. The molecule has 0 aliphatic rings. The third kappa shape index (κ3) is 5.57. The minimum Gasteiger partial charge on any atom is -0.493 e. The zero-order chi connectivity index (χ0) is 16.7. The molecule has 23 heavy (non-hydrogen) atoms. The van der Waals surface area contributed by atoms with E-state index in [1.807, 2.05) is 18.2 Å². The third-order valence-corrected chi connectivity index (χ3v) is 3.37. The molecule has 124 valence electrons. The van der Waals surface area contributed by atoms with Crippen molar-refractivity contribution in [2.75, 3.05) is 13.7 Å². The smallest absolute Gasteiger partial charge is 0.161 e. The van der Waals surface area contributed by atoms with Crippen molar-refractivity contribution in [3.05, 3.63) is 59.4 Å². The molecule has 2 aromatic carbocycles. The summed E-state index contributed by atoms with van der Waals surface area (Å²) in [7, 11) is 1.65. The number of hydrogen-bond acceptors (Lipinski definition) is 3. The van der Waals surface area contributed by atoms with E-state index in [0.29, 0.717) is 25.6 Å². The summed E-state index contributed by atoms with van der Waals surface area (Å²) in [6, 6.07) is 12.5. The van der Waals surface area contributed by atoms with Crippen molar-refractivity contribution >= 4 is 0 Å². The van der Waals surface area contributed by atoms with Crippen molar-refractivity contribution in [1.29, 1.82) is 0 Å². The first-order valence-electron chi connectivity index (χ1n) is 7.83. The molecule has 0 aliphatic heterocycles. The Labute approximate surface area is 137 Å². The summed E-state index contributed by atoms with van der Waals surface area (Å²) in [5.41, 5.74) is 2.16. The van der Waals surface area contributed by atoms with Gasteiger partial charge in [0.2, 0.25) is 0 Å². The van der Waals surface area contributed by atoms with Gasteiger partial charge < -0.3 is 14.8 Å². The van der Waals surface area contributed by atoms with Gasteiger partial charge in [-0.3, -0.25) is 0 Å². The lowest BCUT2D eigenvalue weighted by atomic mass is 10.1. The molecular weight excluding hydrogens is 293 g/mol. The second kappa shape index (κ2) is 8.53. The molecule has 0 atom stereocenters. The average Bonchev–Trinajstić information content (AvgIpc) is 2.55. The molecule has 0 bridgehead atoms. The summed E-state index contributed by atoms with van der Waals surface area (Å²) < 4.78 is 24.0. The van der Waals surface area contributed by atoms with E-state index in [4.69, 9.17) is 9.47 Å². The van der Waals surface area contributed by atoms with Crippen LogP contribution in [0.25, 0.3) is 0 Å². The molecule has 0 spiro atoms. The summed E-state index contributed by atoms with van der Waals surface area (Å²) in [5, 5.41) is 3.34. The number of hydrogen-bond donors (Lipinski definition) is 1. The highest BCUT2D eigenvalue weighted by Gasteiger charge is 2.07. The van der Waals surface area contributed by atoms with Crippen molar-refractivity contribution in [2.45, 2.75) is 26.9 Å². The van der Waals surface area contributed by atoms with Crippen molar-refractivity contribution in [1.82, 2.24) is 5.32 Å². The van der Waals surface area contributed by atoms with Crippen LogP contribution in [-0.4, -0.2) is 13.7 Å². The predicted molar refractivity (Wildman–Crippen MR) is 90.3 cm³/mol. The molecule has 0 heterocycles. The van der Waals surface area contributed by atoms with Gasteiger partial charge in [0.15, 0.2) is 11.5 Å². The molecule has 4 heteroatoms. The van der Waals surface area contributed by atoms with Gasteiger partial charge in [-0.2, -0.15) is 0 Å². The molecule has 2 aromatic rings. The SMILES string of the molecule is COc1cc(CNCc2ccc(F)cc2)ccc1OCC(C)C. The van der Waals surface area contributed by atoms with Crippen LogP contribution in [0.15, 0.2) is 42.5 Å². The summed E-state index contributed by atoms with van der Waals surface area (Å²) in [6.45, 7) is 6.28. The first-order valence-corrected chi connectivity index (χ1v) is 7.83. The number of halogens is 1.